The highest BCUT2D eigenvalue weighted by Crippen LogP contribution is 2.23. The van der Waals surface area contributed by atoms with E-state index in [0.29, 0.717) is 13.3 Å². The average molecular weight is 372 g/mol. The molecule has 0 saturated carbocycles. The van der Waals surface area contributed by atoms with Crippen LogP contribution in [0.2, 0.25) is 0 Å². The van der Waals surface area contributed by atoms with Gasteiger partial charge in [-0.1, -0.05) is 12.1 Å². The van der Waals surface area contributed by atoms with Crippen molar-refractivity contribution in [2.24, 2.45) is 5.92 Å². The summed E-state index contributed by atoms with van der Waals surface area (Å²) in [6, 6.07) is 8.46. The van der Waals surface area contributed by atoms with Gasteiger partial charge in [0.2, 0.25) is 0 Å². The zero-order valence-corrected chi connectivity index (χ0v) is 16.1. The van der Waals surface area contributed by atoms with E-state index in [1.165, 1.54) is 31.9 Å². The topological polar surface area (TPSA) is 69.5 Å². The molecule has 0 unspecified atom stereocenters. The van der Waals surface area contributed by atoms with Crippen molar-refractivity contribution in [3.8, 4) is 5.75 Å². The van der Waals surface area contributed by atoms with Crippen LogP contribution in [-0.2, 0) is 17.8 Å². The van der Waals surface area contributed by atoms with Crippen LogP contribution in [0.1, 0.15) is 42.4 Å². The van der Waals surface area contributed by atoms with Gasteiger partial charge in [-0.2, -0.15) is 0 Å². The van der Waals surface area contributed by atoms with E-state index in [2.05, 4.69) is 44.0 Å². The quantitative estimate of drug-likeness (QED) is 0.664. The summed E-state index contributed by atoms with van der Waals surface area (Å²) < 4.78 is 11.8. The van der Waals surface area contributed by atoms with Crippen molar-refractivity contribution in [1.29, 1.82) is 0 Å². The molecule has 0 amide bonds. The van der Waals surface area contributed by atoms with Crippen LogP contribution in [0.25, 0.3) is 0 Å². The number of carbonyl (C=O) groups excluding carboxylic acids is 1. The minimum Gasteiger partial charge on any atom is -0.494 e. The molecule has 0 atom stereocenters. The third-order valence-corrected chi connectivity index (χ3v) is 5.03. The summed E-state index contributed by atoms with van der Waals surface area (Å²) in [5.41, 5.74) is 1.37. The first kappa shape index (κ1) is 19.4. The largest absolute Gasteiger partial charge is 0.494 e. The fraction of sp³-hybridized carbons (Fsp3) is 0.550. The maximum Gasteiger partial charge on any atom is 0.377 e. The molecule has 146 valence electrons. The van der Waals surface area contributed by atoms with Gasteiger partial charge in [-0.05, 0) is 56.2 Å². The zero-order chi connectivity index (χ0) is 19.1. The van der Waals surface area contributed by atoms with Gasteiger partial charge in [-0.15, -0.1) is 5.10 Å². The highest BCUT2D eigenvalue weighted by atomic mass is 16.5. The number of methoxy groups -OCH3 is 1. The summed E-state index contributed by atoms with van der Waals surface area (Å²) in [7, 11) is 1.33. The fourth-order valence-electron chi connectivity index (χ4n) is 3.46. The highest BCUT2D eigenvalue weighted by molar-refractivity contribution is 5.84. The molecule has 3 rings (SSSR count). The highest BCUT2D eigenvalue weighted by Gasteiger charge is 2.20. The molecule has 0 N–H and O–H groups in total. The van der Waals surface area contributed by atoms with Crippen LogP contribution in [0.3, 0.4) is 0 Å². The molecule has 7 nitrogen and oxygen atoms in total. The molecule has 2 heterocycles. The van der Waals surface area contributed by atoms with E-state index in [4.69, 9.17) is 4.74 Å². The second-order valence-corrected chi connectivity index (χ2v) is 6.92. The molecule has 0 radical (unpaired) electrons. The third-order valence-electron chi connectivity index (χ3n) is 5.03. The van der Waals surface area contributed by atoms with Gasteiger partial charge in [0.1, 0.15) is 12.1 Å². The maximum absolute atomic E-state index is 11.4. The first-order valence-electron chi connectivity index (χ1n) is 9.59. The van der Waals surface area contributed by atoms with Gasteiger partial charge in [0.15, 0.2) is 0 Å². The predicted molar refractivity (Wildman–Crippen MR) is 102 cm³/mol. The number of likely N-dealkylation sites (tertiary alicyclic amines) is 1. The molecular formula is C20H28N4O3. The number of hydrogen-bond donors (Lipinski definition) is 0. The molecule has 0 spiro atoms. The van der Waals surface area contributed by atoms with Gasteiger partial charge >= 0.3 is 5.97 Å². The van der Waals surface area contributed by atoms with E-state index in [1.807, 2.05) is 6.92 Å². The smallest absolute Gasteiger partial charge is 0.377 e. The van der Waals surface area contributed by atoms with Crippen LogP contribution < -0.4 is 4.74 Å². The van der Waals surface area contributed by atoms with Crippen LogP contribution in [-0.4, -0.2) is 52.4 Å². The Kier molecular flexibility index (Phi) is 6.81. The molecule has 1 fully saturated rings. The van der Waals surface area contributed by atoms with Crippen molar-refractivity contribution >= 4 is 5.97 Å². The molecule has 7 heteroatoms. The molecule has 0 aliphatic carbocycles. The Bertz CT molecular complexity index is 721. The number of piperidine rings is 1. The minimum atomic E-state index is -0.498. The van der Waals surface area contributed by atoms with E-state index >= 15 is 0 Å². The number of carbonyl (C=O) groups is 1. The number of esters is 1. The van der Waals surface area contributed by atoms with E-state index in [-0.39, 0.29) is 5.82 Å². The SMILES string of the molecule is CCOc1ccc(CCC2CCN(Cn3cnc(C(=O)OC)n3)CC2)cc1. The van der Waals surface area contributed by atoms with E-state index < -0.39 is 5.97 Å². The molecule has 2 aromatic rings. The zero-order valence-electron chi connectivity index (χ0n) is 16.1. The van der Waals surface area contributed by atoms with E-state index in [1.54, 1.807) is 11.0 Å². The summed E-state index contributed by atoms with van der Waals surface area (Å²) in [6.45, 7) is 5.45. The van der Waals surface area contributed by atoms with Crippen molar-refractivity contribution in [2.45, 2.75) is 39.3 Å². The van der Waals surface area contributed by atoms with Crippen LogP contribution in [0.15, 0.2) is 30.6 Å². The van der Waals surface area contributed by atoms with Crippen molar-refractivity contribution in [3.63, 3.8) is 0 Å². The summed E-state index contributed by atoms with van der Waals surface area (Å²) in [5.74, 6) is 1.32. The average Bonchev–Trinajstić information content (AvgIpc) is 3.17. The number of benzene rings is 1. The van der Waals surface area contributed by atoms with Crippen molar-refractivity contribution in [1.82, 2.24) is 19.7 Å². The number of nitrogens with zero attached hydrogens (tertiary/aromatic N) is 4. The lowest BCUT2D eigenvalue weighted by molar-refractivity contribution is 0.0585. The van der Waals surface area contributed by atoms with E-state index in [9.17, 15) is 4.79 Å². The van der Waals surface area contributed by atoms with Crippen LogP contribution >= 0.6 is 0 Å². The summed E-state index contributed by atoms with van der Waals surface area (Å²) in [6.07, 6.45) is 6.30. The lowest BCUT2D eigenvalue weighted by Crippen LogP contribution is -2.35. The number of hydrogen-bond acceptors (Lipinski definition) is 6. The van der Waals surface area contributed by atoms with Gasteiger partial charge in [0.05, 0.1) is 20.4 Å². The van der Waals surface area contributed by atoms with Crippen molar-refractivity contribution in [3.05, 3.63) is 42.0 Å². The normalized spacial score (nSPS) is 15.6. The molecular weight excluding hydrogens is 344 g/mol. The number of aromatic nitrogens is 3. The first-order valence-corrected chi connectivity index (χ1v) is 9.59. The van der Waals surface area contributed by atoms with Crippen LogP contribution in [0, 0.1) is 5.92 Å². The Balaban J connectivity index is 1.39. The molecule has 1 aliphatic heterocycles. The summed E-state index contributed by atoms with van der Waals surface area (Å²) >= 11 is 0. The number of ether oxygens (including phenoxy) is 2. The monoisotopic (exact) mass is 372 g/mol. The minimum absolute atomic E-state index is 0.114. The van der Waals surface area contributed by atoms with Gasteiger partial charge in [0, 0.05) is 13.1 Å². The molecule has 1 saturated heterocycles. The molecule has 0 bridgehead atoms. The third kappa shape index (κ3) is 5.53. The van der Waals surface area contributed by atoms with Crippen LogP contribution in [0.5, 0.6) is 5.75 Å². The number of rotatable bonds is 8. The number of aryl methyl sites for hydroxylation is 1. The standard InChI is InChI=1S/C20H28N4O3/c1-3-27-18-8-6-16(7-9-18)4-5-17-10-12-23(13-11-17)15-24-14-21-19(22-24)20(25)26-2/h6-9,14,17H,3-5,10-13,15H2,1-2H3. The maximum atomic E-state index is 11.4. The Morgan fingerprint density at radius 3 is 2.63 bits per heavy atom. The predicted octanol–water partition coefficient (Wildman–Crippen LogP) is 2.77. The van der Waals surface area contributed by atoms with Crippen molar-refractivity contribution in [2.75, 3.05) is 26.8 Å². The summed E-state index contributed by atoms with van der Waals surface area (Å²) in [4.78, 5) is 17.8. The molecule has 1 aliphatic rings. The molecule has 27 heavy (non-hydrogen) atoms. The Morgan fingerprint density at radius 1 is 1.22 bits per heavy atom. The Labute approximate surface area is 160 Å². The van der Waals surface area contributed by atoms with Gasteiger partial charge < -0.3 is 9.47 Å². The Morgan fingerprint density at radius 2 is 1.96 bits per heavy atom. The first-order chi connectivity index (χ1) is 13.2. The second-order valence-electron chi connectivity index (χ2n) is 6.92. The lowest BCUT2D eigenvalue weighted by Gasteiger charge is -2.31. The molecule has 1 aromatic heterocycles. The fourth-order valence-corrected chi connectivity index (χ4v) is 3.46. The lowest BCUT2D eigenvalue weighted by atomic mass is 9.91. The Hall–Kier alpha value is -2.41. The van der Waals surface area contributed by atoms with Gasteiger partial charge in [0.25, 0.3) is 5.82 Å². The second kappa shape index (κ2) is 9.50. The van der Waals surface area contributed by atoms with Crippen LogP contribution in [0.4, 0.5) is 0 Å². The van der Waals surface area contributed by atoms with Gasteiger partial charge in [-0.3, -0.25) is 4.90 Å². The van der Waals surface area contributed by atoms with E-state index in [0.717, 1.165) is 31.2 Å². The van der Waals surface area contributed by atoms with Crippen molar-refractivity contribution < 1.29 is 14.3 Å². The summed E-state index contributed by atoms with van der Waals surface area (Å²) in [5, 5.41) is 4.17. The van der Waals surface area contributed by atoms with Gasteiger partial charge in [-0.25, -0.2) is 14.5 Å². The molecule has 1 aromatic carbocycles.